The summed E-state index contributed by atoms with van der Waals surface area (Å²) in [6.45, 7) is 2.29. The van der Waals surface area contributed by atoms with E-state index in [0.717, 1.165) is 36.1 Å². The third-order valence-electron chi connectivity index (χ3n) is 5.13. The smallest absolute Gasteiger partial charge is 0.258 e. The summed E-state index contributed by atoms with van der Waals surface area (Å²) in [6, 6.07) is 10.8. The van der Waals surface area contributed by atoms with Crippen molar-refractivity contribution in [2.75, 3.05) is 23.3 Å². The molecular weight excluding hydrogens is 434 g/mol. The molecule has 1 aromatic carbocycles. The molecule has 8 heteroatoms. The van der Waals surface area contributed by atoms with Crippen LogP contribution in [-0.2, 0) is 6.54 Å². The maximum Gasteiger partial charge on any atom is 0.258 e. The number of anilines is 2. The van der Waals surface area contributed by atoms with E-state index in [1.807, 2.05) is 24.3 Å². The Bertz CT molecular complexity index is 1120. The largest absolute Gasteiger partial charge is 0.379 e. The second-order valence-electron chi connectivity index (χ2n) is 7.16. The van der Waals surface area contributed by atoms with Gasteiger partial charge in [0.05, 0.1) is 17.8 Å². The maximum absolute atomic E-state index is 12.4. The van der Waals surface area contributed by atoms with Crippen LogP contribution in [-0.4, -0.2) is 28.4 Å². The van der Waals surface area contributed by atoms with Crippen LogP contribution in [0.4, 0.5) is 11.4 Å². The molecule has 2 aromatic heterocycles. The maximum atomic E-state index is 12.4. The molecule has 0 radical (unpaired) electrons. The number of hydrogen-bond acceptors (Lipinski definition) is 5. The summed E-state index contributed by atoms with van der Waals surface area (Å²) >= 11 is 3.36. The number of primary amides is 1. The van der Waals surface area contributed by atoms with Crippen molar-refractivity contribution in [2.24, 2.45) is 5.73 Å². The van der Waals surface area contributed by atoms with Crippen LogP contribution >= 0.6 is 15.9 Å². The van der Waals surface area contributed by atoms with Crippen LogP contribution in [0.5, 0.6) is 0 Å². The van der Waals surface area contributed by atoms with E-state index >= 15 is 0 Å². The number of piperidine rings is 1. The number of rotatable bonds is 5. The van der Waals surface area contributed by atoms with Crippen molar-refractivity contribution in [3.8, 4) is 0 Å². The lowest BCUT2D eigenvalue weighted by Gasteiger charge is -2.29. The van der Waals surface area contributed by atoms with Crippen LogP contribution in [0, 0.1) is 0 Å². The van der Waals surface area contributed by atoms with Crippen LogP contribution < -0.4 is 21.5 Å². The first-order valence-electron chi connectivity index (χ1n) is 9.62. The highest BCUT2D eigenvalue weighted by Gasteiger charge is 2.15. The average molecular weight is 456 g/mol. The molecule has 1 amide bonds. The van der Waals surface area contributed by atoms with E-state index in [1.165, 1.54) is 16.9 Å². The fourth-order valence-corrected chi connectivity index (χ4v) is 3.98. The molecule has 0 atom stereocenters. The Morgan fingerprint density at radius 1 is 1.14 bits per heavy atom. The summed E-state index contributed by atoms with van der Waals surface area (Å²) in [7, 11) is 0. The number of fused-ring (bicyclic) bond motifs is 1. The van der Waals surface area contributed by atoms with Crippen molar-refractivity contribution >= 4 is 38.9 Å². The lowest BCUT2D eigenvalue weighted by Crippen LogP contribution is -2.29. The highest BCUT2D eigenvalue weighted by Crippen LogP contribution is 2.26. The number of carbonyl (C=O) groups is 1. The Labute approximate surface area is 176 Å². The normalized spacial score (nSPS) is 14.2. The number of nitrogens with one attached hydrogen (secondary N) is 1. The van der Waals surface area contributed by atoms with Gasteiger partial charge in [-0.05, 0) is 65.5 Å². The predicted molar refractivity (Wildman–Crippen MR) is 118 cm³/mol. The first kappa shape index (κ1) is 19.4. The molecule has 150 valence electrons. The molecule has 4 rings (SSSR count). The highest BCUT2D eigenvalue weighted by atomic mass is 79.9. The zero-order valence-electron chi connectivity index (χ0n) is 15.9. The summed E-state index contributed by atoms with van der Waals surface area (Å²) < 4.78 is 2.29. The number of nitrogens with two attached hydrogens (primary N) is 1. The Hall–Kier alpha value is -2.87. The van der Waals surface area contributed by atoms with Gasteiger partial charge in [-0.15, -0.1) is 0 Å². The molecule has 29 heavy (non-hydrogen) atoms. The van der Waals surface area contributed by atoms with E-state index in [4.69, 9.17) is 5.73 Å². The number of pyridine rings is 1. The SMILES string of the molecule is NC(=O)c1cc(N2CCCCC2)ccc1NCc1cc(=O)n2cc(Br)ccc2n1. The second kappa shape index (κ2) is 8.24. The van der Waals surface area contributed by atoms with Gasteiger partial charge in [0.2, 0.25) is 0 Å². The number of nitrogens with zero attached hydrogens (tertiary/aromatic N) is 3. The molecule has 1 aliphatic heterocycles. The van der Waals surface area contributed by atoms with Crippen LogP contribution in [0.1, 0.15) is 35.3 Å². The van der Waals surface area contributed by atoms with Crippen LogP contribution in [0.15, 0.2) is 51.9 Å². The monoisotopic (exact) mass is 455 g/mol. The molecule has 0 saturated carbocycles. The number of amides is 1. The summed E-state index contributed by atoms with van der Waals surface area (Å²) in [4.78, 5) is 31.2. The number of aromatic nitrogens is 2. The first-order chi connectivity index (χ1) is 14.0. The molecule has 1 aliphatic rings. The van der Waals surface area contributed by atoms with E-state index in [0.29, 0.717) is 29.1 Å². The van der Waals surface area contributed by atoms with Gasteiger partial charge in [0.15, 0.2) is 0 Å². The van der Waals surface area contributed by atoms with Gasteiger partial charge in [-0.1, -0.05) is 0 Å². The van der Waals surface area contributed by atoms with E-state index in [9.17, 15) is 9.59 Å². The molecule has 0 aliphatic carbocycles. The van der Waals surface area contributed by atoms with Gasteiger partial charge >= 0.3 is 0 Å². The number of carbonyl (C=O) groups excluding carboxylic acids is 1. The Balaban J connectivity index is 1.57. The minimum Gasteiger partial charge on any atom is -0.379 e. The summed E-state index contributed by atoms with van der Waals surface area (Å²) in [6.07, 6.45) is 5.25. The molecule has 3 aromatic rings. The average Bonchev–Trinajstić information content (AvgIpc) is 2.73. The van der Waals surface area contributed by atoms with Gasteiger partial charge in [-0.3, -0.25) is 14.0 Å². The topological polar surface area (TPSA) is 92.7 Å². The van der Waals surface area contributed by atoms with Crippen molar-refractivity contribution < 1.29 is 4.79 Å². The van der Waals surface area contributed by atoms with Crippen molar-refractivity contribution in [3.05, 3.63) is 68.7 Å². The van der Waals surface area contributed by atoms with E-state index in [2.05, 4.69) is 31.1 Å². The molecule has 7 nitrogen and oxygen atoms in total. The predicted octanol–water partition coefficient (Wildman–Crippen LogP) is 3.16. The molecule has 0 unspecified atom stereocenters. The van der Waals surface area contributed by atoms with Crippen LogP contribution in [0.2, 0.25) is 0 Å². The fraction of sp³-hybridized carbons (Fsp3) is 0.286. The van der Waals surface area contributed by atoms with Crippen molar-refractivity contribution in [1.29, 1.82) is 0 Å². The van der Waals surface area contributed by atoms with Crippen LogP contribution in [0.25, 0.3) is 5.65 Å². The molecule has 3 heterocycles. The van der Waals surface area contributed by atoms with E-state index in [1.54, 1.807) is 12.3 Å². The summed E-state index contributed by atoms with van der Waals surface area (Å²) in [5.41, 5.74) is 8.70. The molecular formula is C21H22BrN5O2. The van der Waals surface area contributed by atoms with Gasteiger partial charge in [-0.2, -0.15) is 0 Å². The number of halogens is 1. The van der Waals surface area contributed by atoms with Gasteiger partial charge < -0.3 is 16.0 Å². The Morgan fingerprint density at radius 3 is 2.69 bits per heavy atom. The minimum atomic E-state index is -0.484. The van der Waals surface area contributed by atoms with Crippen molar-refractivity contribution in [2.45, 2.75) is 25.8 Å². The summed E-state index contributed by atoms with van der Waals surface area (Å²) in [5, 5.41) is 3.21. The quantitative estimate of drug-likeness (QED) is 0.616. The number of hydrogen-bond donors (Lipinski definition) is 2. The highest BCUT2D eigenvalue weighted by molar-refractivity contribution is 9.10. The minimum absolute atomic E-state index is 0.163. The number of benzene rings is 1. The van der Waals surface area contributed by atoms with E-state index < -0.39 is 5.91 Å². The molecule has 1 fully saturated rings. The molecule has 3 N–H and O–H groups in total. The van der Waals surface area contributed by atoms with Gasteiger partial charge in [0.1, 0.15) is 5.65 Å². The van der Waals surface area contributed by atoms with Crippen molar-refractivity contribution in [3.63, 3.8) is 0 Å². The molecule has 0 spiro atoms. The standard InChI is InChI=1S/C21H22BrN5O2/c22-14-4-7-19-25-15(10-20(28)27(19)13-14)12-24-18-6-5-16(11-17(18)21(23)29)26-8-2-1-3-9-26/h4-7,10-11,13,24H,1-3,8-9,12H2,(H2,23,29). The Morgan fingerprint density at radius 2 is 1.93 bits per heavy atom. The lowest BCUT2D eigenvalue weighted by atomic mass is 10.1. The van der Waals surface area contributed by atoms with E-state index in [-0.39, 0.29) is 5.56 Å². The van der Waals surface area contributed by atoms with Crippen LogP contribution in [0.3, 0.4) is 0 Å². The third-order valence-corrected chi connectivity index (χ3v) is 5.60. The molecule has 0 bridgehead atoms. The Kier molecular flexibility index (Phi) is 5.53. The van der Waals surface area contributed by atoms with Gasteiger partial charge in [0.25, 0.3) is 11.5 Å². The fourth-order valence-electron chi connectivity index (χ4n) is 3.64. The lowest BCUT2D eigenvalue weighted by molar-refractivity contribution is 0.100. The first-order valence-corrected chi connectivity index (χ1v) is 10.4. The second-order valence-corrected chi connectivity index (χ2v) is 8.07. The van der Waals surface area contributed by atoms with Crippen molar-refractivity contribution in [1.82, 2.24) is 9.38 Å². The third kappa shape index (κ3) is 4.27. The summed E-state index contributed by atoms with van der Waals surface area (Å²) in [5.74, 6) is -0.484. The van der Waals surface area contributed by atoms with Gasteiger partial charge in [-0.25, -0.2) is 4.98 Å². The zero-order valence-corrected chi connectivity index (χ0v) is 17.5. The zero-order chi connectivity index (χ0) is 20.4. The molecule has 1 saturated heterocycles. The van der Waals surface area contributed by atoms with Gasteiger partial charge in [0, 0.05) is 41.2 Å².